The average Bonchev–Trinajstić information content (AvgIpc) is 3.92. The molecule has 6 rings (SSSR count). The van der Waals surface area contributed by atoms with Gasteiger partial charge in [-0.05, 0) is 68.0 Å². The number of anilines is 1. The fraction of sp³-hybridized carbons (Fsp3) is 0.510. The second kappa shape index (κ2) is 26.8. The highest BCUT2D eigenvalue weighted by molar-refractivity contribution is 5.96. The number of guanidine groups is 1. The van der Waals surface area contributed by atoms with Crippen molar-refractivity contribution in [1.29, 1.82) is 0 Å². The number of unbranched alkanes of at least 4 members (excludes halogenated alkanes) is 1. The van der Waals surface area contributed by atoms with Crippen LogP contribution in [0.2, 0.25) is 0 Å². The summed E-state index contributed by atoms with van der Waals surface area (Å²) in [5.74, 6) is -3.59. The van der Waals surface area contributed by atoms with Crippen LogP contribution in [-0.2, 0) is 52.9 Å². The van der Waals surface area contributed by atoms with Gasteiger partial charge in [0.2, 0.25) is 41.4 Å². The van der Waals surface area contributed by atoms with Crippen LogP contribution in [0.15, 0.2) is 71.1 Å². The molecule has 7 amide bonds. The Kier molecular flexibility index (Phi) is 20.1. The van der Waals surface area contributed by atoms with Crippen molar-refractivity contribution < 1.29 is 38.7 Å². The molecule has 404 valence electrons. The molecule has 0 bridgehead atoms. The smallest absolute Gasteiger partial charge is 0.261 e. The lowest BCUT2D eigenvalue weighted by molar-refractivity contribution is -0.140. The second-order valence-corrected chi connectivity index (χ2v) is 19.1. The Morgan fingerprint density at radius 2 is 1.51 bits per heavy atom. The Bertz CT molecular complexity index is 2710. The van der Waals surface area contributed by atoms with E-state index in [4.69, 9.17) is 11.5 Å². The quantitative estimate of drug-likeness (QED) is 0.0246. The number of nitrogens with one attached hydrogen (secondary N) is 7. The lowest BCUT2D eigenvalue weighted by Crippen LogP contribution is -2.63. The first-order valence-corrected chi connectivity index (χ1v) is 25.5. The molecule has 75 heavy (non-hydrogen) atoms. The van der Waals surface area contributed by atoms with E-state index in [0.29, 0.717) is 67.9 Å². The number of phenolic OH excluding ortho intramolecular Hbond substituents is 1. The maximum atomic E-state index is 14.2. The molecule has 4 aromatic rings. The number of carbonyl (C=O) groups excluding carboxylic acids is 7. The van der Waals surface area contributed by atoms with Crippen molar-refractivity contribution >= 4 is 63.9 Å². The van der Waals surface area contributed by atoms with E-state index in [1.54, 1.807) is 29.2 Å². The van der Waals surface area contributed by atoms with Gasteiger partial charge in [0, 0.05) is 77.1 Å². The Balaban J connectivity index is 1.13. The van der Waals surface area contributed by atoms with E-state index in [0.717, 1.165) is 36.7 Å². The van der Waals surface area contributed by atoms with E-state index in [-0.39, 0.29) is 67.0 Å². The molecule has 0 radical (unpaired) electrons. The number of phenols is 1. The Morgan fingerprint density at radius 1 is 0.827 bits per heavy atom. The number of hydrogen-bond acceptors (Lipinski definition) is 13. The molecule has 24 heteroatoms. The van der Waals surface area contributed by atoms with Gasteiger partial charge < -0.3 is 63.3 Å². The molecule has 0 spiro atoms. The minimum absolute atomic E-state index is 0.0227. The molecule has 2 aromatic heterocycles. The molecule has 1 aliphatic carbocycles. The Hall–Kier alpha value is -8.05. The largest absolute Gasteiger partial charge is 0.508 e. The fourth-order valence-corrected chi connectivity index (χ4v) is 9.51. The first-order chi connectivity index (χ1) is 36.0. The number of piperazine rings is 1. The molecule has 1 aliphatic heterocycles. The van der Waals surface area contributed by atoms with Gasteiger partial charge in [-0.15, -0.1) is 0 Å². The molecule has 24 nitrogen and oxygen atoms in total. The van der Waals surface area contributed by atoms with E-state index in [1.165, 1.54) is 45.0 Å². The van der Waals surface area contributed by atoms with Crippen molar-refractivity contribution in [2.45, 2.75) is 127 Å². The summed E-state index contributed by atoms with van der Waals surface area (Å²) in [7, 11) is 1.42. The number of H-pyrrole nitrogens is 1. The third-order valence-electron chi connectivity index (χ3n) is 13.5. The predicted molar refractivity (Wildman–Crippen MR) is 280 cm³/mol. The third-order valence-corrected chi connectivity index (χ3v) is 13.5. The van der Waals surface area contributed by atoms with Crippen LogP contribution >= 0.6 is 0 Å². The zero-order chi connectivity index (χ0) is 54.1. The first kappa shape index (κ1) is 56.2. The maximum absolute atomic E-state index is 14.2. The van der Waals surface area contributed by atoms with Gasteiger partial charge in [-0.2, -0.15) is 0 Å². The van der Waals surface area contributed by atoms with Crippen molar-refractivity contribution in [2.24, 2.45) is 16.5 Å². The normalized spacial score (nSPS) is 15.8. The van der Waals surface area contributed by atoms with Crippen LogP contribution in [0, 0.1) is 0 Å². The topological polar surface area (TPSA) is 346 Å². The van der Waals surface area contributed by atoms with E-state index in [2.05, 4.69) is 51.8 Å². The van der Waals surface area contributed by atoms with Gasteiger partial charge in [0.1, 0.15) is 42.0 Å². The maximum Gasteiger partial charge on any atom is 0.261 e. The van der Waals surface area contributed by atoms with Crippen molar-refractivity contribution in [3.05, 3.63) is 82.9 Å². The molecule has 2 fully saturated rings. The van der Waals surface area contributed by atoms with E-state index >= 15 is 0 Å². The van der Waals surface area contributed by atoms with Gasteiger partial charge in [0.25, 0.3) is 5.56 Å². The first-order valence-electron chi connectivity index (χ1n) is 25.5. The number of nitrogens with two attached hydrogens (primary N) is 2. The summed E-state index contributed by atoms with van der Waals surface area (Å²) in [5, 5.41) is 26.6. The highest BCUT2D eigenvalue weighted by atomic mass is 16.3. The monoisotopic (exact) mass is 1040 g/mol. The van der Waals surface area contributed by atoms with Gasteiger partial charge in [-0.1, -0.05) is 51.2 Å². The van der Waals surface area contributed by atoms with Gasteiger partial charge in [-0.25, -0.2) is 9.97 Å². The van der Waals surface area contributed by atoms with Crippen LogP contribution in [0.25, 0.3) is 10.9 Å². The highest BCUT2D eigenvalue weighted by Crippen LogP contribution is 2.29. The summed E-state index contributed by atoms with van der Waals surface area (Å²) in [6.07, 6.45) is 10.0. The van der Waals surface area contributed by atoms with Gasteiger partial charge in [0.15, 0.2) is 5.96 Å². The summed E-state index contributed by atoms with van der Waals surface area (Å²) < 4.78 is 1.13. The number of nitrogens with zero attached hydrogens (tertiary/aromatic N) is 6. The zero-order valence-electron chi connectivity index (χ0n) is 42.9. The molecule has 2 aliphatic rings. The molecule has 1 saturated carbocycles. The standard InChI is InChI=1S/C51H71N15O9/c1-4-5-10-40(62-49(75)51(63-32(2)67)18-7-6-8-19-51)48(74)65-23-21-64(22-24-65)35-14-17-38-37(27-35)47(73)66(31-58-38)29-43(69)59-39(11-9-20-56-50(52)53)45(71)61-42(26-34-28-55-30-57-34)46(72)60-41(44(70)54-3)25-33-12-15-36(68)16-13-33/h12-17,27-28,30-31,39-42,68H,4-11,18-26,29H2,1-3H3,(H,54,70)(H,55,57)(H,59,69)(H,60,72)(H,61,71)(H,62,75)(H,63,67)(H4,52,53,56)/t39-,40-,41-,42-/m0/s1. The molecule has 4 atom stereocenters. The van der Waals surface area contributed by atoms with Crippen LogP contribution < -0.4 is 53.8 Å². The van der Waals surface area contributed by atoms with E-state index in [9.17, 15) is 43.5 Å². The summed E-state index contributed by atoms with van der Waals surface area (Å²) in [6.45, 7) is 4.60. The molecule has 1 saturated heterocycles. The number of aromatic hydroxyl groups is 1. The number of imidazole rings is 1. The zero-order valence-corrected chi connectivity index (χ0v) is 42.9. The van der Waals surface area contributed by atoms with E-state index in [1.807, 2.05) is 17.9 Å². The van der Waals surface area contributed by atoms with Crippen molar-refractivity contribution in [1.82, 2.24) is 56.3 Å². The number of benzene rings is 2. The van der Waals surface area contributed by atoms with Gasteiger partial charge >= 0.3 is 0 Å². The number of aromatic nitrogens is 4. The summed E-state index contributed by atoms with van der Waals surface area (Å²) >= 11 is 0. The predicted octanol–water partition coefficient (Wildman–Crippen LogP) is -0.273. The van der Waals surface area contributed by atoms with Crippen LogP contribution in [0.3, 0.4) is 0 Å². The third kappa shape index (κ3) is 15.7. The van der Waals surface area contributed by atoms with Crippen LogP contribution in [0.5, 0.6) is 5.75 Å². The molecule has 12 N–H and O–H groups in total. The molecular formula is C51H71N15O9. The minimum Gasteiger partial charge on any atom is -0.508 e. The number of aromatic amines is 1. The minimum atomic E-state index is -1.27. The molecule has 2 aromatic carbocycles. The molecule has 3 heterocycles. The van der Waals surface area contributed by atoms with Gasteiger partial charge in [-0.3, -0.25) is 47.9 Å². The van der Waals surface area contributed by atoms with Crippen LogP contribution in [0.1, 0.15) is 89.3 Å². The Morgan fingerprint density at radius 3 is 2.15 bits per heavy atom. The van der Waals surface area contributed by atoms with Crippen LogP contribution in [0.4, 0.5) is 5.69 Å². The number of carbonyl (C=O) groups is 7. The SMILES string of the molecule is CCCC[C@H](NC(=O)C1(NC(C)=O)CCCCC1)C(=O)N1CCN(c2ccc3ncn(CC(=O)N[C@@H](CCCN=C(N)N)C(=O)N[C@@H](Cc4cnc[nH]4)C(=O)N[C@@H](Cc4ccc(O)cc4)C(=O)NC)c(=O)c3c2)CC1. The summed E-state index contributed by atoms with van der Waals surface area (Å²) in [4.78, 5) is 128. The van der Waals surface area contributed by atoms with Crippen molar-refractivity contribution in [3.63, 3.8) is 0 Å². The number of amides is 7. The lowest BCUT2D eigenvalue weighted by Gasteiger charge is -2.40. The highest BCUT2D eigenvalue weighted by Gasteiger charge is 2.42. The number of hydrogen-bond donors (Lipinski definition) is 10. The Labute approximate surface area is 434 Å². The summed E-state index contributed by atoms with van der Waals surface area (Å²) in [6, 6.07) is 7.06. The molecule has 0 unspecified atom stereocenters. The van der Waals surface area contributed by atoms with Gasteiger partial charge in [0.05, 0.1) is 23.6 Å². The van der Waals surface area contributed by atoms with E-state index < -0.39 is 65.4 Å². The fourth-order valence-electron chi connectivity index (χ4n) is 9.51. The average molecular weight is 1040 g/mol. The van der Waals surface area contributed by atoms with Crippen molar-refractivity contribution in [3.8, 4) is 5.75 Å². The second-order valence-electron chi connectivity index (χ2n) is 19.1. The number of likely N-dealkylation sites (N-methyl/N-ethyl adjacent to an activating group) is 1. The number of rotatable bonds is 24. The number of fused-ring (bicyclic) bond motifs is 1. The number of aliphatic imine (C=N–C) groups is 1. The summed E-state index contributed by atoms with van der Waals surface area (Å²) in [5.41, 5.74) is 11.7. The van der Waals surface area contributed by atoms with Crippen molar-refractivity contribution in [2.75, 3.05) is 44.7 Å². The van der Waals surface area contributed by atoms with Crippen LogP contribution in [-0.4, -0.2) is 146 Å². The lowest BCUT2D eigenvalue weighted by atomic mass is 9.80. The molecular weight excluding hydrogens is 967 g/mol.